The molecule has 98 valence electrons. The molecule has 1 heterocycles. The molecule has 0 aliphatic heterocycles. The molecule has 0 fully saturated rings. The van der Waals surface area contributed by atoms with E-state index in [0.29, 0.717) is 6.04 Å². The minimum Gasteiger partial charge on any atom is -0.447 e. The SMILES string of the molecule is CCC(CC)C(CNCc1cnco1)N(C)C. The van der Waals surface area contributed by atoms with Gasteiger partial charge < -0.3 is 14.6 Å². The minimum atomic E-state index is 0.577. The quantitative estimate of drug-likeness (QED) is 0.754. The number of aromatic nitrogens is 1. The zero-order valence-corrected chi connectivity index (χ0v) is 11.4. The van der Waals surface area contributed by atoms with Crippen LogP contribution in [0.3, 0.4) is 0 Å². The highest BCUT2D eigenvalue weighted by Gasteiger charge is 2.19. The van der Waals surface area contributed by atoms with Gasteiger partial charge in [-0.3, -0.25) is 0 Å². The van der Waals surface area contributed by atoms with Crippen molar-refractivity contribution in [1.29, 1.82) is 0 Å². The van der Waals surface area contributed by atoms with Crippen LogP contribution in [0.25, 0.3) is 0 Å². The lowest BCUT2D eigenvalue weighted by Gasteiger charge is -2.31. The van der Waals surface area contributed by atoms with E-state index in [2.05, 4.69) is 43.1 Å². The third-order valence-electron chi connectivity index (χ3n) is 3.39. The Morgan fingerprint density at radius 1 is 1.35 bits per heavy atom. The van der Waals surface area contributed by atoms with Crippen molar-refractivity contribution >= 4 is 0 Å². The molecule has 0 aromatic carbocycles. The summed E-state index contributed by atoms with van der Waals surface area (Å²) in [5.74, 6) is 1.64. The van der Waals surface area contributed by atoms with Crippen LogP contribution < -0.4 is 5.32 Å². The van der Waals surface area contributed by atoms with Crippen LogP contribution in [0.1, 0.15) is 32.4 Å². The Kier molecular flexibility index (Phi) is 6.22. The summed E-state index contributed by atoms with van der Waals surface area (Å²) in [5.41, 5.74) is 0. The first kappa shape index (κ1) is 14.2. The van der Waals surface area contributed by atoms with Crippen molar-refractivity contribution in [2.24, 2.45) is 5.92 Å². The number of oxazole rings is 1. The highest BCUT2D eigenvalue weighted by atomic mass is 16.3. The van der Waals surface area contributed by atoms with Gasteiger partial charge in [0, 0.05) is 12.6 Å². The Bertz CT molecular complexity index is 281. The second-order valence-corrected chi connectivity index (χ2v) is 4.71. The molecule has 0 radical (unpaired) electrons. The first-order valence-corrected chi connectivity index (χ1v) is 6.43. The molecule has 0 amide bonds. The van der Waals surface area contributed by atoms with E-state index in [9.17, 15) is 0 Å². The van der Waals surface area contributed by atoms with Gasteiger partial charge in [0.25, 0.3) is 0 Å². The molecule has 4 heteroatoms. The summed E-state index contributed by atoms with van der Waals surface area (Å²) in [7, 11) is 4.30. The second kappa shape index (κ2) is 7.45. The number of hydrogen-bond acceptors (Lipinski definition) is 4. The first-order chi connectivity index (χ1) is 8.19. The Hall–Kier alpha value is -0.870. The molecule has 0 spiro atoms. The van der Waals surface area contributed by atoms with Crippen molar-refractivity contribution in [3.05, 3.63) is 18.4 Å². The number of rotatable bonds is 8. The lowest BCUT2D eigenvalue weighted by Crippen LogP contribution is -2.42. The monoisotopic (exact) mass is 239 g/mol. The Morgan fingerprint density at radius 3 is 2.53 bits per heavy atom. The third-order valence-corrected chi connectivity index (χ3v) is 3.39. The van der Waals surface area contributed by atoms with Gasteiger partial charge in [0.05, 0.1) is 12.7 Å². The average Bonchev–Trinajstić information content (AvgIpc) is 2.81. The van der Waals surface area contributed by atoms with E-state index in [1.54, 1.807) is 6.20 Å². The molecule has 1 atom stereocenters. The van der Waals surface area contributed by atoms with Gasteiger partial charge in [-0.1, -0.05) is 26.7 Å². The van der Waals surface area contributed by atoms with Crippen LogP contribution >= 0.6 is 0 Å². The van der Waals surface area contributed by atoms with Crippen LogP contribution in [0.2, 0.25) is 0 Å². The summed E-state index contributed by atoms with van der Waals surface area (Å²) in [6, 6.07) is 0.577. The number of likely N-dealkylation sites (N-methyl/N-ethyl adjacent to an activating group) is 1. The van der Waals surface area contributed by atoms with Gasteiger partial charge >= 0.3 is 0 Å². The van der Waals surface area contributed by atoms with Gasteiger partial charge in [-0.25, -0.2) is 4.98 Å². The summed E-state index contributed by atoms with van der Waals surface area (Å²) in [6.07, 6.45) is 5.68. The maximum atomic E-state index is 5.20. The third kappa shape index (κ3) is 4.48. The fourth-order valence-corrected chi connectivity index (χ4v) is 2.28. The van der Waals surface area contributed by atoms with Crippen molar-refractivity contribution in [2.45, 2.75) is 39.3 Å². The van der Waals surface area contributed by atoms with Crippen molar-refractivity contribution in [3.8, 4) is 0 Å². The van der Waals surface area contributed by atoms with Crippen molar-refractivity contribution in [3.63, 3.8) is 0 Å². The van der Waals surface area contributed by atoms with Gasteiger partial charge in [0.15, 0.2) is 6.39 Å². The Balaban J connectivity index is 2.39. The zero-order valence-electron chi connectivity index (χ0n) is 11.4. The minimum absolute atomic E-state index is 0.577. The van der Waals surface area contributed by atoms with E-state index in [-0.39, 0.29) is 0 Å². The smallest absolute Gasteiger partial charge is 0.180 e. The maximum Gasteiger partial charge on any atom is 0.180 e. The standard InChI is InChI=1S/C13H25N3O/c1-5-11(6-2)13(16(3)4)9-14-7-12-8-15-10-17-12/h8,10-11,13-14H,5-7,9H2,1-4H3. The Labute approximate surface area is 104 Å². The lowest BCUT2D eigenvalue weighted by atomic mass is 9.93. The summed E-state index contributed by atoms with van der Waals surface area (Å²) < 4.78 is 5.20. The van der Waals surface area contributed by atoms with E-state index >= 15 is 0 Å². The molecule has 0 saturated carbocycles. The number of nitrogens with one attached hydrogen (secondary N) is 1. The van der Waals surface area contributed by atoms with Crippen LogP contribution in [0.4, 0.5) is 0 Å². The maximum absolute atomic E-state index is 5.20. The van der Waals surface area contributed by atoms with Crippen LogP contribution in [-0.2, 0) is 6.54 Å². The van der Waals surface area contributed by atoms with Gasteiger partial charge in [0.2, 0.25) is 0 Å². The summed E-state index contributed by atoms with van der Waals surface area (Å²) in [4.78, 5) is 6.22. The highest BCUT2D eigenvalue weighted by Crippen LogP contribution is 2.16. The molecule has 0 saturated heterocycles. The fourth-order valence-electron chi connectivity index (χ4n) is 2.28. The van der Waals surface area contributed by atoms with Crippen LogP contribution in [0.15, 0.2) is 17.0 Å². The van der Waals surface area contributed by atoms with Gasteiger partial charge in [0.1, 0.15) is 5.76 Å². The predicted octanol–water partition coefficient (Wildman–Crippen LogP) is 2.13. The molecule has 4 nitrogen and oxygen atoms in total. The van der Waals surface area contributed by atoms with Gasteiger partial charge in [-0.05, 0) is 20.0 Å². The molecule has 1 aromatic rings. The molecule has 1 unspecified atom stereocenters. The summed E-state index contributed by atoms with van der Waals surface area (Å²) >= 11 is 0. The van der Waals surface area contributed by atoms with Crippen molar-refractivity contribution in [1.82, 2.24) is 15.2 Å². The fraction of sp³-hybridized carbons (Fsp3) is 0.769. The van der Waals surface area contributed by atoms with Gasteiger partial charge in [-0.2, -0.15) is 0 Å². The largest absolute Gasteiger partial charge is 0.447 e. The summed E-state index contributed by atoms with van der Waals surface area (Å²) in [6.45, 7) is 6.27. The van der Waals surface area contributed by atoms with Crippen LogP contribution in [-0.4, -0.2) is 36.6 Å². The summed E-state index contributed by atoms with van der Waals surface area (Å²) in [5, 5.41) is 3.44. The zero-order chi connectivity index (χ0) is 12.7. The number of nitrogens with zero attached hydrogens (tertiary/aromatic N) is 2. The second-order valence-electron chi connectivity index (χ2n) is 4.71. The molecule has 0 aliphatic rings. The molecular formula is C13H25N3O. The predicted molar refractivity (Wildman–Crippen MR) is 69.8 cm³/mol. The number of hydrogen-bond donors (Lipinski definition) is 1. The van der Waals surface area contributed by atoms with Gasteiger partial charge in [-0.15, -0.1) is 0 Å². The van der Waals surface area contributed by atoms with E-state index in [0.717, 1.165) is 24.8 Å². The Morgan fingerprint density at radius 2 is 2.06 bits per heavy atom. The van der Waals surface area contributed by atoms with E-state index in [1.165, 1.54) is 19.2 Å². The topological polar surface area (TPSA) is 41.3 Å². The highest BCUT2D eigenvalue weighted by molar-refractivity contribution is 4.88. The van der Waals surface area contributed by atoms with E-state index < -0.39 is 0 Å². The van der Waals surface area contributed by atoms with E-state index in [4.69, 9.17) is 4.42 Å². The normalized spacial score (nSPS) is 13.5. The average molecular weight is 239 g/mol. The lowest BCUT2D eigenvalue weighted by molar-refractivity contribution is 0.193. The molecule has 0 aliphatic carbocycles. The van der Waals surface area contributed by atoms with Crippen molar-refractivity contribution < 1.29 is 4.42 Å². The van der Waals surface area contributed by atoms with Crippen molar-refractivity contribution in [2.75, 3.05) is 20.6 Å². The molecule has 0 bridgehead atoms. The molecule has 17 heavy (non-hydrogen) atoms. The van der Waals surface area contributed by atoms with Crippen LogP contribution in [0, 0.1) is 5.92 Å². The molecule has 1 rings (SSSR count). The molecular weight excluding hydrogens is 214 g/mol. The van der Waals surface area contributed by atoms with E-state index in [1.807, 2.05) is 0 Å². The molecule has 1 aromatic heterocycles. The first-order valence-electron chi connectivity index (χ1n) is 6.43. The van der Waals surface area contributed by atoms with Crippen LogP contribution in [0.5, 0.6) is 0 Å². The molecule has 1 N–H and O–H groups in total.